The normalized spacial score (nSPS) is 22.5. The molecule has 4 aromatic rings. The summed E-state index contributed by atoms with van der Waals surface area (Å²) in [6.07, 6.45) is 10.3. The second kappa shape index (κ2) is 7.72. The van der Waals surface area contributed by atoms with Crippen molar-refractivity contribution in [3.05, 3.63) is 48.2 Å². The quantitative estimate of drug-likeness (QED) is 0.443. The fourth-order valence-electron chi connectivity index (χ4n) is 5.73. The highest BCUT2D eigenvalue weighted by Crippen LogP contribution is 2.37. The first kappa shape index (κ1) is 18.9. The van der Waals surface area contributed by atoms with Gasteiger partial charge in [-0.1, -0.05) is 6.42 Å². The molecular weight excluding hydrogens is 384 g/mol. The van der Waals surface area contributed by atoms with Gasteiger partial charge in [-0.2, -0.15) is 0 Å². The molecule has 6 rings (SSSR count). The van der Waals surface area contributed by atoms with Gasteiger partial charge in [-0.15, -0.1) is 0 Å². The Morgan fingerprint density at radius 1 is 0.968 bits per heavy atom. The van der Waals surface area contributed by atoms with E-state index in [9.17, 15) is 0 Å². The number of ether oxygens (including phenoxy) is 1. The summed E-state index contributed by atoms with van der Waals surface area (Å²) in [5.41, 5.74) is 5.80. The van der Waals surface area contributed by atoms with Crippen LogP contribution in [0.4, 0.5) is 0 Å². The molecule has 0 saturated carbocycles. The van der Waals surface area contributed by atoms with Gasteiger partial charge in [0.05, 0.1) is 18.1 Å². The Kier molecular flexibility index (Phi) is 4.72. The van der Waals surface area contributed by atoms with Crippen LogP contribution < -0.4 is 4.74 Å². The van der Waals surface area contributed by atoms with Crippen LogP contribution in [0.3, 0.4) is 0 Å². The van der Waals surface area contributed by atoms with Crippen molar-refractivity contribution >= 4 is 21.9 Å². The van der Waals surface area contributed by atoms with E-state index in [1.807, 2.05) is 18.2 Å². The summed E-state index contributed by atoms with van der Waals surface area (Å²) >= 11 is 0. The van der Waals surface area contributed by atoms with Gasteiger partial charge < -0.3 is 19.6 Å². The van der Waals surface area contributed by atoms with E-state index in [-0.39, 0.29) is 0 Å². The van der Waals surface area contributed by atoms with Gasteiger partial charge in [-0.25, -0.2) is 4.98 Å². The summed E-state index contributed by atoms with van der Waals surface area (Å²) in [5.74, 6) is 2.39. The van der Waals surface area contributed by atoms with E-state index >= 15 is 0 Å². The van der Waals surface area contributed by atoms with Crippen LogP contribution in [-0.4, -0.2) is 46.1 Å². The third-order valence-electron chi connectivity index (χ3n) is 7.48. The molecule has 2 saturated heterocycles. The molecule has 31 heavy (non-hydrogen) atoms. The summed E-state index contributed by atoms with van der Waals surface area (Å²) in [6.45, 7) is 2.54. The maximum Gasteiger partial charge on any atom is 0.138 e. The number of nitrogens with zero attached hydrogens (tertiary/aromatic N) is 2. The number of rotatable bonds is 3. The van der Waals surface area contributed by atoms with Crippen LogP contribution in [-0.2, 0) is 0 Å². The zero-order chi connectivity index (χ0) is 20.8. The van der Waals surface area contributed by atoms with Crippen molar-refractivity contribution < 1.29 is 4.74 Å². The lowest BCUT2D eigenvalue weighted by Crippen LogP contribution is -2.38. The molecule has 160 valence electrons. The van der Waals surface area contributed by atoms with Crippen molar-refractivity contribution in [2.24, 2.45) is 0 Å². The monoisotopic (exact) mass is 414 g/mol. The van der Waals surface area contributed by atoms with Crippen molar-refractivity contribution in [2.45, 2.75) is 50.5 Å². The van der Waals surface area contributed by atoms with Crippen molar-refractivity contribution in [1.82, 2.24) is 19.9 Å². The smallest absolute Gasteiger partial charge is 0.138 e. The molecule has 5 nitrogen and oxygen atoms in total. The minimum absolute atomic E-state index is 0.634. The van der Waals surface area contributed by atoms with Crippen LogP contribution in [0.15, 0.2) is 42.6 Å². The molecule has 5 heteroatoms. The van der Waals surface area contributed by atoms with E-state index in [0.29, 0.717) is 5.92 Å². The van der Waals surface area contributed by atoms with Gasteiger partial charge in [0, 0.05) is 34.8 Å². The van der Waals surface area contributed by atoms with Crippen molar-refractivity contribution in [2.75, 3.05) is 20.2 Å². The Bertz CT molecular complexity index is 1210. The van der Waals surface area contributed by atoms with Crippen molar-refractivity contribution in [3.8, 4) is 17.1 Å². The number of piperidine rings is 1. The summed E-state index contributed by atoms with van der Waals surface area (Å²) in [7, 11) is 1.69. The molecule has 4 heterocycles. The molecule has 2 aromatic carbocycles. The number of methoxy groups -OCH3 is 1. The van der Waals surface area contributed by atoms with Gasteiger partial charge >= 0.3 is 0 Å². The third kappa shape index (κ3) is 3.41. The second-order valence-corrected chi connectivity index (χ2v) is 9.22. The summed E-state index contributed by atoms with van der Waals surface area (Å²) < 4.78 is 5.36. The first-order chi connectivity index (χ1) is 15.3. The van der Waals surface area contributed by atoms with Crippen molar-refractivity contribution in [1.29, 1.82) is 0 Å². The number of aromatic amines is 2. The Hall–Kier alpha value is -2.79. The molecule has 2 atom stereocenters. The molecular formula is C26H30N4O. The number of H-pyrrole nitrogens is 2. The van der Waals surface area contributed by atoms with Crippen LogP contribution in [0.5, 0.6) is 5.75 Å². The maximum absolute atomic E-state index is 5.36. The fraction of sp³-hybridized carbons (Fsp3) is 0.423. The molecule has 2 aliphatic heterocycles. The van der Waals surface area contributed by atoms with E-state index in [0.717, 1.165) is 34.2 Å². The summed E-state index contributed by atoms with van der Waals surface area (Å²) in [6, 6.07) is 13.5. The number of benzene rings is 2. The van der Waals surface area contributed by atoms with Crippen LogP contribution >= 0.6 is 0 Å². The number of imidazole rings is 1. The zero-order valence-corrected chi connectivity index (χ0v) is 18.2. The lowest BCUT2D eigenvalue weighted by atomic mass is 9.90. The Balaban J connectivity index is 1.34. The molecule has 0 amide bonds. The molecule has 0 bridgehead atoms. The van der Waals surface area contributed by atoms with Crippen LogP contribution in [0.1, 0.15) is 50.0 Å². The number of fused-ring (bicyclic) bond motifs is 3. The lowest BCUT2D eigenvalue weighted by Gasteiger charge is -2.33. The maximum atomic E-state index is 5.36. The number of aromatic nitrogens is 3. The molecule has 2 N–H and O–H groups in total. The van der Waals surface area contributed by atoms with Gasteiger partial charge in [0.2, 0.25) is 0 Å². The lowest BCUT2D eigenvalue weighted by molar-refractivity contribution is 0.151. The van der Waals surface area contributed by atoms with E-state index in [1.165, 1.54) is 68.1 Å². The van der Waals surface area contributed by atoms with E-state index in [1.54, 1.807) is 7.11 Å². The van der Waals surface area contributed by atoms with Crippen molar-refractivity contribution in [3.63, 3.8) is 0 Å². The molecule has 2 aromatic heterocycles. The fourth-order valence-corrected chi connectivity index (χ4v) is 5.73. The molecule has 0 spiro atoms. The van der Waals surface area contributed by atoms with Gasteiger partial charge in [0.15, 0.2) is 0 Å². The van der Waals surface area contributed by atoms with Crippen LogP contribution in [0.2, 0.25) is 0 Å². The first-order valence-electron chi connectivity index (χ1n) is 11.7. The molecule has 0 aliphatic carbocycles. The highest BCUT2D eigenvalue weighted by Gasteiger charge is 2.28. The number of hydrogen-bond acceptors (Lipinski definition) is 3. The average molecular weight is 415 g/mol. The average Bonchev–Trinajstić information content (AvgIpc) is 3.37. The largest absolute Gasteiger partial charge is 0.497 e. The molecule has 2 aliphatic rings. The van der Waals surface area contributed by atoms with Gasteiger partial charge in [-0.05, 0) is 87.0 Å². The third-order valence-corrected chi connectivity index (χ3v) is 7.48. The van der Waals surface area contributed by atoms with E-state index in [2.05, 4.69) is 39.3 Å². The summed E-state index contributed by atoms with van der Waals surface area (Å²) in [5, 5.41) is 1.35. The topological polar surface area (TPSA) is 56.9 Å². The minimum atomic E-state index is 0.634. The summed E-state index contributed by atoms with van der Waals surface area (Å²) in [4.78, 5) is 14.6. The van der Waals surface area contributed by atoms with Gasteiger partial charge in [0.1, 0.15) is 11.6 Å². The van der Waals surface area contributed by atoms with Gasteiger partial charge in [0.25, 0.3) is 0 Å². The highest BCUT2D eigenvalue weighted by atomic mass is 16.5. The minimum Gasteiger partial charge on any atom is -0.497 e. The second-order valence-electron chi connectivity index (χ2n) is 9.22. The predicted molar refractivity (Wildman–Crippen MR) is 126 cm³/mol. The Labute approximate surface area is 182 Å². The van der Waals surface area contributed by atoms with Gasteiger partial charge in [-0.3, -0.25) is 0 Å². The Morgan fingerprint density at radius 2 is 1.94 bits per heavy atom. The zero-order valence-electron chi connectivity index (χ0n) is 18.2. The van der Waals surface area contributed by atoms with E-state index in [4.69, 9.17) is 9.72 Å². The molecule has 2 unspecified atom stereocenters. The molecule has 0 radical (unpaired) electrons. The van der Waals surface area contributed by atoms with E-state index < -0.39 is 0 Å². The van der Waals surface area contributed by atoms with Crippen LogP contribution in [0.25, 0.3) is 33.3 Å². The standard InChI is InChI=1S/C26H30N4O/c1-31-20-8-10-24-25(15-20)29-26(28-24)18-6-9-23-21(14-18)22(16-27-23)17-5-7-19-4-2-3-12-30(19)13-11-17/h6,8-10,14-17,19,27H,2-5,7,11-13H2,1H3,(H,28,29). The first-order valence-corrected chi connectivity index (χ1v) is 11.7. The SMILES string of the molecule is COc1ccc2nc(-c3ccc4[nH]cc(C5CCC6CCCCN6CC5)c4c3)[nH]c2c1. The number of nitrogens with one attached hydrogen (secondary N) is 2. The highest BCUT2D eigenvalue weighted by molar-refractivity contribution is 5.89. The predicted octanol–water partition coefficient (Wildman–Crippen LogP) is 5.84. The molecule has 2 fully saturated rings. The Morgan fingerprint density at radius 3 is 2.87 bits per heavy atom. The van der Waals surface area contributed by atoms with Crippen LogP contribution in [0, 0.1) is 0 Å². The number of hydrogen-bond donors (Lipinski definition) is 2.